The summed E-state index contributed by atoms with van der Waals surface area (Å²) in [6.45, 7) is 7.21. The van der Waals surface area contributed by atoms with Crippen LogP contribution in [0.1, 0.15) is 26.3 Å². The van der Waals surface area contributed by atoms with Gasteiger partial charge in [-0.2, -0.15) is 0 Å². The van der Waals surface area contributed by atoms with E-state index >= 15 is 0 Å². The number of fused-ring (bicyclic) bond motifs is 1. The molecule has 0 aliphatic carbocycles. The summed E-state index contributed by atoms with van der Waals surface area (Å²) in [6, 6.07) is 2.34. The van der Waals surface area contributed by atoms with Gasteiger partial charge in [-0.1, -0.05) is 20.8 Å². The number of anilines is 1. The Hall–Kier alpha value is -1.12. The van der Waals surface area contributed by atoms with Gasteiger partial charge in [-0.15, -0.1) is 0 Å². The molecule has 0 amide bonds. The summed E-state index contributed by atoms with van der Waals surface area (Å²) in [7, 11) is 0. The van der Waals surface area contributed by atoms with Crippen LogP contribution in [0.3, 0.4) is 0 Å². The molecule has 1 nitrogen and oxygen atoms in total. The van der Waals surface area contributed by atoms with Crippen LogP contribution in [0.2, 0.25) is 0 Å². The maximum absolute atomic E-state index is 13.6. The Morgan fingerprint density at radius 3 is 2.56 bits per heavy atom. The molecule has 0 saturated heterocycles. The summed E-state index contributed by atoms with van der Waals surface area (Å²) >= 11 is 0. The van der Waals surface area contributed by atoms with Crippen molar-refractivity contribution in [1.82, 2.24) is 0 Å². The van der Waals surface area contributed by atoms with Gasteiger partial charge in [0.15, 0.2) is 0 Å². The van der Waals surface area contributed by atoms with Crippen LogP contribution in [0, 0.1) is 23.0 Å². The summed E-state index contributed by atoms with van der Waals surface area (Å²) in [5.74, 6) is -0.575. The second-order valence-electron chi connectivity index (χ2n) is 5.56. The molecule has 1 aliphatic rings. The molecule has 16 heavy (non-hydrogen) atoms. The van der Waals surface area contributed by atoms with Gasteiger partial charge in [0.2, 0.25) is 0 Å². The average Bonchev–Trinajstić information content (AvgIpc) is 2.15. The highest BCUT2D eigenvalue weighted by atomic mass is 19.1. The number of halogens is 2. The second-order valence-corrected chi connectivity index (χ2v) is 5.56. The molecule has 1 aliphatic heterocycles. The van der Waals surface area contributed by atoms with Gasteiger partial charge in [0.1, 0.15) is 11.6 Å². The highest BCUT2D eigenvalue weighted by Gasteiger charge is 2.30. The zero-order valence-electron chi connectivity index (χ0n) is 9.90. The summed E-state index contributed by atoms with van der Waals surface area (Å²) < 4.78 is 26.6. The summed E-state index contributed by atoms with van der Waals surface area (Å²) in [6.07, 6.45) is 0.679. The Morgan fingerprint density at radius 2 is 1.94 bits per heavy atom. The standard InChI is InChI=1S/C13H17F2N/c1-13(2,3)8-4-10-11(15)5-9(14)6-12(10)16-7-8/h5-6,8,16H,4,7H2,1-3H3. The first-order chi connectivity index (χ1) is 7.38. The third-order valence-electron chi connectivity index (χ3n) is 3.37. The lowest BCUT2D eigenvalue weighted by atomic mass is 9.75. The monoisotopic (exact) mass is 225 g/mol. The molecule has 1 unspecified atom stereocenters. The van der Waals surface area contributed by atoms with Crippen molar-refractivity contribution in [2.45, 2.75) is 27.2 Å². The molecule has 0 saturated carbocycles. The van der Waals surface area contributed by atoms with Crippen molar-refractivity contribution >= 4 is 5.69 Å². The third kappa shape index (κ3) is 2.04. The van der Waals surface area contributed by atoms with Crippen LogP contribution < -0.4 is 5.32 Å². The van der Waals surface area contributed by atoms with Crippen LogP contribution in [0.25, 0.3) is 0 Å². The SMILES string of the molecule is CC(C)(C)C1CNc2cc(F)cc(F)c2C1. The molecular weight excluding hydrogens is 208 g/mol. The predicted octanol–water partition coefficient (Wildman–Crippen LogP) is 3.60. The number of benzene rings is 1. The van der Waals surface area contributed by atoms with Gasteiger partial charge in [0.25, 0.3) is 0 Å². The van der Waals surface area contributed by atoms with Crippen LogP contribution in [-0.4, -0.2) is 6.54 Å². The lowest BCUT2D eigenvalue weighted by Gasteiger charge is -2.35. The average molecular weight is 225 g/mol. The summed E-state index contributed by atoms with van der Waals surface area (Å²) in [4.78, 5) is 0. The van der Waals surface area contributed by atoms with Crippen LogP contribution in [0.15, 0.2) is 12.1 Å². The van der Waals surface area contributed by atoms with Crippen molar-refractivity contribution in [1.29, 1.82) is 0 Å². The molecule has 88 valence electrons. The van der Waals surface area contributed by atoms with E-state index in [1.54, 1.807) is 0 Å². The highest BCUT2D eigenvalue weighted by molar-refractivity contribution is 5.54. The molecule has 1 aromatic carbocycles. The molecule has 2 rings (SSSR count). The maximum Gasteiger partial charge on any atom is 0.131 e. The number of hydrogen-bond donors (Lipinski definition) is 1. The van der Waals surface area contributed by atoms with Gasteiger partial charge in [0, 0.05) is 23.9 Å². The lowest BCUT2D eigenvalue weighted by Crippen LogP contribution is -2.33. The van der Waals surface area contributed by atoms with E-state index in [9.17, 15) is 8.78 Å². The zero-order chi connectivity index (χ0) is 11.9. The molecule has 1 N–H and O–H groups in total. The first-order valence-corrected chi connectivity index (χ1v) is 5.59. The van der Waals surface area contributed by atoms with Crippen LogP contribution in [-0.2, 0) is 6.42 Å². The van der Waals surface area contributed by atoms with E-state index in [0.717, 1.165) is 12.6 Å². The fourth-order valence-corrected chi connectivity index (χ4v) is 2.13. The molecule has 0 aromatic heterocycles. The van der Waals surface area contributed by atoms with E-state index in [0.29, 0.717) is 23.6 Å². The Bertz CT molecular complexity index is 407. The predicted molar refractivity (Wildman–Crippen MR) is 61.5 cm³/mol. The largest absolute Gasteiger partial charge is 0.384 e. The highest BCUT2D eigenvalue weighted by Crippen LogP contribution is 2.36. The Labute approximate surface area is 94.9 Å². The van der Waals surface area contributed by atoms with E-state index in [4.69, 9.17) is 0 Å². The quantitative estimate of drug-likeness (QED) is 0.711. The van der Waals surface area contributed by atoms with Crippen LogP contribution in [0.5, 0.6) is 0 Å². The molecular formula is C13H17F2N. The third-order valence-corrected chi connectivity index (χ3v) is 3.37. The molecule has 0 spiro atoms. The number of rotatable bonds is 0. The fraction of sp³-hybridized carbons (Fsp3) is 0.538. The van der Waals surface area contributed by atoms with Gasteiger partial charge >= 0.3 is 0 Å². The van der Waals surface area contributed by atoms with Crippen molar-refractivity contribution in [3.63, 3.8) is 0 Å². The van der Waals surface area contributed by atoms with Gasteiger partial charge < -0.3 is 5.32 Å². The maximum atomic E-state index is 13.6. The molecule has 1 heterocycles. The normalized spacial score (nSPS) is 20.2. The lowest BCUT2D eigenvalue weighted by molar-refractivity contribution is 0.245. The summed E-state index contributed by atoms with van der Waals surface area (Å²) in [5, 5.41) is 3.12. The van der Waals surface area contributed by atoms with Crippen molar-refractivity contribution < 1.29 is 8.78 Å². The van der Waals surface area contributed by atoms with Crippen LogP contribution in [0.4, 0.5) is 14.5 Å². The van der Waals surface area contributed by atoms with E-state index in [2.05, 4.69) is 26.1 Å². The molecule has 1 atom stereocenters. The first-order valence-electron chi connectivity index (χ1n) is 5.59. The Kier molecular flexibility index (Phi) is 2.64. The molecule has 0 bridgehead atoms. The molecule has 0 fully saturated rings. The Balaban J connectivity index is 2.34. The van der Waals surface area contributed by atoms with Crippen molar-refractivity contribution in [3.8, 4) is 0 Å². The van der Waals surface area contributed by atoms with Crippen molar-refractivity contribution in [2.24, 2.45) is 11.3 Å². The van der Waals surface area contributed by atoms with Crippen LogP contribution >= 0.6 is 0 Å². The topological polar surface area (TPSA) is 12.0 Å². The Morgan fingerprint density at radius 1 is 1.25 bits per heavy atom. The number of hydrogen-bond acceptors (Lipinski definition) is 1. The van der Waals surface area contributed by atoms with E-state index in [1.807, 2.05) is 0 Å². The first kappa shape index (κ1) is 11.4. The van der Waals surface area contributed by atoms with Crippen molar-refractivity contribution in [3.05, 3.63) is 29.3 Å². The van der Waals surface area contributed by atoms with Gasteiger partial charge in [-0.05, 0) is 23.8 Å². The smallest absolute Gasteiger partial charge is 0.131 e. The van der Waals surface area contributed by atoms with Gasteiger partial charge in [-0.25, -0.2) is 8.78 Å². The molecule has 1 aromatic rings. The molecule has 0 radical (unpaired) electrons. The van der Waals surface area contributed by atoms with Gasteiger partial charge in [-0.3, -0.25) is 0 Å². The number of nitrogens with one attached hydrogen (secondary N) is 1. The van der Waals surface area contributed by atoms with Gasteiger partial charge in [0.05, 0.1) is 0 Å². The second kappa shape index (κ2) is 3.72. The van der Waals surface area contributed by atoms with E-state index in [-0.39, 0.29) is 5.41 Å². The zero-order valence-corrected chi connectivity index (χ0v) is 9.90. The minimum Gasteiger partial charge on any atom is -0.384 e. The van der Waals surface area contributed by atoms with Crippen molar-refractivity contribution in [2.75, 3.05) is 11.9 Å². The molecule has 3 heteroatoms. The van der Waals surface area contributed by atoms with E-state index in [1.165, 1.54) is 6.07 Å². The van der Waals surface area contributed by atoms with E-state index < -0.39 is 11.6 Å². The minimum atomic E-state index is -0.516. The minimum absolute atomic E-state index is 0.130. The fourth-order valence-electron chi connectivity index (χ4n) is 2.13. The summed E-state index contributed by atoms with van der Waals surface area (Å²) in [5.41, 5.74) is 1.36.